The van der Waals surface area contributed by atoms with Gasteiger partial charge in [0.25, 0.3) is 5.91 Å². The van der Waals surface area contributed by atoms with Crippen LogP contribution in [0.15, 0.2) is 18.3 Å². The van der Waals surface area contributed by atoms with Crippen molar-refractivity contribution in [1.29, 1.82) is 0 Å². The Kier molecular flexibility index (Phi) is 4.45. The molecular formula is C17H24N2O3. The van der Waals surface area contributed by atoms with Gasteiger partial charge in [-0.3, -0.25) is 9.78 Å². The summed E-state index contributed by atoms with van der Waals surface area (Å²) in [5.74, 6) is 0.0753. The molecule has 0 aromatic carbocycles. The molecule has 1 spiro atoms. The minimum Gasteiger partial charge on any atom is -0.379 e. The third kappa shape index (κ3) is 3.01. The molecular weight excluding hydrogens is 280 g/mol. The molecule has 2 aliphatic heterocycles. The Labute approximate surface area is 131 Å². The van der Waals surface area contributed by atoms with E-state index in [-0.39, 0.29) is 17.6 Å². The van der Waals surface area contributed by atoms with Gasteiger partial charge in [-0.05, 0) is 31.4 Å². The number of pyridine rings is 1. The van der Waals surface area contributed by atoms with Crippen molar-refractivity contribution in [2.75, 3.05) is 26.8 Å². The van der Waals surface area contributed by atoms with Crippen molar-refractivity contribution >= 4 is 5.91 Å². The first-order valence-electron chi connectivity index (χ1n) is 8.07. The average molecular weight is 304 g/mol. The van der Waals surface area contributed by atoms with E-state index in [1.54, 1.807) is 13.3 Å². The van der Waals surface area contributed by atoms with Crippen LogP contribution in [0.3, 0.4) is 0 Å². The molecule has 3 rings (SSSR count). The summed E-state index contributed by atoms with van der Waals surface area (Å²) >= 11 is 0. The SMILES string of the molecule is CCc1ccc(C(=O)N2CCC3(CC2)CC(OC)CO3)cn1. The van der Waals surface area contributed by atoms with Crippen LogP contribution in [0.1, 0.15) is 42.2 Å². The molecule has 1 atom stereocenters. The molecule has 0 N–H and O–H groups in total. The number of hydrogen-bond donors (Lipinski definition) is 0. The van der Waals surface area contributed by atoms with Crippen LogP contribution < -0.4 is 0 Å². The van der Waals surface area contributed by atoms with Crippen molar-refractivity contribution in [2.45, 2.75) is 44.3 Å². The molecule has 5 heteroatoms. The second-order valence-corrected chi connectivity index (χ2v) is 6.24. The fourth-order valence-corrected chi connectivity index (χ4v) is 3.36. The summed E-state index contributed by atoms with van der Waals surface area (Å²) in [5, 5.41) is 0. The molecule has 1 amide bonds. The predicted octanol–water partition coefficient (Wildman–Crippen LogP) is 2.05. The highest BCUT2D eigenvalue weighted by atomic mass is 16.6. The zero-order valence-corrected chi connectivity index (χ0v) is 13.4. The smallest absolute Gasteiger partial charge is 0.255 e. The van der Waals surface area contributed by atoms with Crippen LogP contribution in [0, 0.1) is 0 Å². The monoisotopic (exact) mass is 304 g/mol. The van der Waals surface area contributed by atoms with Gasteiger partial charge in [0.2, 0.25) is 0 Å². The van der Waals surface area contributed by atoms with Crippen LogP contribution in [0.2, 0.25) is 0 Å². The van der Waals surface area contributed by atoms with E-state index in [2.05, 4.69) is 11.9 Å². The second kappa shape index (κ2) is 6.34. The van der Waals surface area contributed by atoms with Gasteiger partial charge in [-0.2, -0.15) is 0 Å². The summed E-state index contributed by atoms with van der Waals surface area (Å²) in [4.78, 5) is 18.8. The lowest BCUT2D eigenvalue weighted by molar-refractivity contribution is -0.0402. The maximum atomic E-state index is 12.5. The average Bonchev–Trinajstić information content (AvgIpc) is 2.98. The van der Waals surface area contributed by atoms with Crippen LogP contribution in [0.4, 0.5) is 0 Å². The standard InChI is InChI=1S/C17H24N2O3/c1-3-14-5-4-13(11-18-14)16(20)19-8-6-17(7-9-19)10-15(21-2)12-22-17/h4-5,11,15H,3,6-10,12H2,1-2H3. The third-order valence-electron chi connectivity index (χ3n) is 4.90. The maximum Gasteiger partial charge on any atom is 0.255 e. The van der Waals surface area contributed by atoms with Gasteiger partial charge in [0, 0.05) is 38.5 Å². The lowest BCUT2D eigenvalue weighted by Gasteiger charge is -2.38. The lowest BCUT2D eigenvalue weighted by Crippen LogP contribution is -2.46. The van der Waals surface area contributed by atoms with Gasteiger partial charge in [0.15, 0.2) is 0 Å². The van der Waals surface area contributed by atoms with E-state index < -0.39 is 0 Å². The molecule has 2 saturated heterocycles. The van der Waals surface area contributed by atoms with E-state index in [4.69, 9.17) is 9.47 Å². The van der Waals surface area contributed by atoms with Crippen molar-refractivity contribution in [1.82, 2.24) is 9.88 Å². The molecule has 2 fully saturated rings. The Balaban J connectivity index is 1.60. The number of ether oxygens (including phenoxy) is 2. The van der Waals surface area contributed by atoms with Crippen LogP contribution in [0.5, 0.6) is 0 Å². The van der Waals surface area contributed by atoms with E-state index in [9.17, 15) is 4.79 Å². The highest BCUT2D eigenvalue weighted by Crippen LogP contribution is 2.37. The van der Waals surface area contributed by atoms with Crippen molar-refractivity contribution < 1.29 is 14.3 Å². The molecule has 0 saturated carbocycles. The van der Waals surface area contributed by atoms with Crippen molar-refractivity contribution in [2.24, 2.45) is 0 Å². The van der Waals surface area contributed by atoms with Gasteiger partial charge in [-0.1, -0.05) is 6.92 Å². The van der Waals surface area contributed by atoms with E-state index >= 15 is 0 Å². The van der Waals surface area contributed by atoms with E-state index in [1.807, 2.05) is 17.0 Å². The van der Waals surface area contributed by atoms with E-state index in [0.717, 1.165) is 44.5 Å². The van der Waals surface area contributed by atoms with Gasteiger partial charge in [-0.25, -0.2) is 0 Å². The molecule has 2 aliphatic rings. The lowest BCUT2D eigenvalue weighted by atomic mass is 9.88. The van der Waals surface area contributed by atoms with Crippen molar-refractivity contribution in [3.8, 4) is 0 Å². The Morgan fingerprint density at radius 1 is 1.45 bits per heavy atom. The normalized spacial score (nSPS) is 23.9. The fourth-order valence-electron chi connectivity index (χ4n) is 3.36. The number of nitrogens with zero attached hydrogens (tertiary/aromatic N) is 2. The number of rotatable bonds is 3. The van der Waals surface area contributed by atoms with Gasteiger partial charge >= 0.3 is 0 Å². The third-order valence-corrected chi connectivity index (χ3v) is 4.90. The summed E-state index contributed by atoms with van der Waals surface area (Å²) in [6.07, 6.45) is 5.50. The van der Waals surface area contributed by atoms with Gasteiger partial charge in [-0.15, -0.1) is 0 Å². The Hall–Kier alpha value is -1.46. The number of carbonyl (C=O) groups is 1. The predicted molar refractivity (Wildman–Crippen MR) is 82.8 cm³/mol. The summed E-state index contributed by atoms with van der Waals surface area (Å²) in [6.45, 7) is 4.21. The minimum absolute atomic E-state index is 0.0753. The summed E-state index contributed by atoms with van der Waals surface area (Å²) < 4.78 is 11.4. The zero-order chi connectivity index (χ0) is 15.6. The summed E-state index contributed by atoms with van der Waals surface area (Å²) in [7, 11) is 1.73. The van der Waals surface area contributed by atoms with Crippen LogP contribution in [-0.2, 0) is 15.9 Å². The zero-order valence-electron chi connectivity index (χ0n) is 13.4. The molecule has 3 heterocycles. The largest absolute Gasteiger partial charge is 0.379 e. The summed E-state index contributed by atoms with van der Waals surface area (Å²) in [5.41, 5.74) is 1.61. The van der Waals surface area contributed by atoms with Crippen LogP contribution in [-0.4, -0.2) is 54.3 Å². The number of hydrogen-bond acceptors (Lipinski definition) is 4. The minimum atomic E-state index is -0.0816. The molecule has 0 aliphatic carbocycles. The maximum absolute atomic E-state index is 12.5. The number of carbonyl (C=O) groups excluding carboxylic acids is 1. The first kappa shape index (κ1) is 15.4. The molecule has 5 nitrogen and oxygen atoms in total. The molecule has 0 radical (unpaired) electrons. The Bertz CT molecular complexity index is 521. The van der Waals surface area contributed by atoms with Gasteiger partial charge in [0.05, 0.1) is 23.9 Å². The van der Waals surface area contributed by atoms with E-state index in [0.29, 0.717) is 12.2 Å². The fraction of sp³-hybridized carbons (Fsp3) is 0.647. The first-order chi connectivity index (χ1) is 10.7. The number of aromatic nitrogens is 1. The number of piperidine rings is 1. The Morgan fingerprint density at radius 2 is 2.23 bits per heavy atom. The van der Waals surface area contributed by atoms with Crippen molar-refractivity contribution in [3.05, 3.63) is 29.6 Å². The van der Waals surface area contributed by atoms with Gasteiger partial charge in [0.1, 0.15) is 0 Å². The second-order valence-electron chi connectivity index (χ2n) is 6.24. The number of amides is 1. The summed E-state index contributed by atoms with van der Waals surface area (Å²) in [6, 6.07) is 3.81. The molecule has 1 unspecified atom stereocenters. The van der Waals surface area contributed by atoms with E-state index in [1.165, 1.54) is 0 Å². The molecule has 1 aromatic rings. The Morgan fingerprint density at radius 3 is 2.77 bits per heavy atom. The number of likely N-dealkylation sites (tertiary alicyclic amines) is 1. The van der Waals surface area contributed by atoms with Crippen LogP contribution >= 0.6 is 0 Å². The number of aryl methyl sites for hydroxylation is 1. The molecule has 1 aromatic heterocycles. The first-order valence-corrected chi connectivity index (χ1v) is 8.07. The molecule has 22 heavy (non-hydrogen) atoms. The molecule has 120 valence electrons. The highest BCUT2D eigenvalue weighted by Gasteiger charge is 2.43. The number of methoxy groups -OCH3 is 1. The van der Waals surface area contributed by atoms with Crippen molar-refractivity contribution in [3.63, 3.8) is 0 Å². The quantitative estimate of drug-likeness (QED) is 0.857. The van der Waals surface area contributed by atoms with Crippen LogP contribution in [0.25, 0.3) is 0 Å². The molecule has 0 bridgehead atoms. The topological polar surface area (TPSA) is 51.7 Å². The van der Waals surface area contributed by atoms with Gasteiger partial charge < -0.3 is 14.4 Å². The highest BCUT2D eigenvalue weighted by molar-refractivity contribution is 5.94.